The average molecular weight is 569 g/mol. The molecule has 0 unspecified atom stereocenters. The Hall–Kier alpha value is -3.46. The van der Waals surface area contributed by atoms with E-state index in [2.05, 4.69) is 5.32 Å². The Morgan fingerprint density at radius 1 is 1.05 bits per heavy atom. The number of carbonyl (C=O) groups excluding carboxylic acids is 3. The van der Waals surface area contributed by atoms with Gasteiger partial charge < -0.3 is 19.5 Å². The van der Waals surface area contributed by atoms with Gasteiger partial charge in [0.25, 0.3) is 0 Å². The standard InChI is InChI=1S/C31H40N2O6S/c1-5-37-28(34)19-39-26-14-12-23(13-15-26)18-27(33-29(35)24-10-8-7-9-11-24)30-32-25(20-40-30)17-21(3)16-22(4)31(36)38-6-2/h12-17,20,24,27H,5-11,18-19H2,1-4H3,(H,33,35)/t27-/m0/s1. The second-order valence-electron chi connectivity index (χ2n) is 9.88. The molecule has 1 atom stereocenters. The Balaban J connectivity index is 1.75. The van der Waals surface area contributed by atoms with Crippen LogP contribution in [0.4, 0.5) is 0 Å². The summed E-state index contributed by atoms with van der Waals surface area (Å²) in [6.07, 6.45) is 9.45. The van der Waals surface area contributed by atoms with E-state index in [0.29, 0.717) is 31.0 Å². The zero-order chi connectivity index (χ0) is 28.9. The first kappa shape index (κ1) is 31.1. The molecule has 0 radical (unpaired) electrons. The van der Waals surface area contributed by atoms with E-state index in [1.165, 1.54) is 17.8 Å². The van der Waals surface area contributed by atoms with E-state index in [9.17, 15) is 14.4 Å². The molecule has 1 N–H and O–H groups in total. The molecule has 1 aromatic heterocycles. The molecule has 1 fully saturated rings. The summed E-state index contributed by atoms with van der Waals surface area (Å²) in [6, 6.07) is 7.20. The van der Waals surface area contributed by atoms with Crippen LogP contribution in [-0.4, -0.2) is 42.7 Å². The van der Waals surface area contributed by atoms with Gasteiger partial charge in [0.2, 0.25) is 5.91 Å². The maximum absolute atomic E-state index is 13.2. The van der Waals surface area contributed by atoms with Gasteiger partial charge in [0.15, 0.2) is 6.61 Å². The second kappa shape index (κ2) is 16.0. The van der Waals surface area contributed by atoms with E-state index in [-0.39, 0.29) is 30.4 Å². The Bertz CT molecular complexity index is 1190. The van der Waals surface area contributed by atoms with Crippen molar-refractivity contribution in [3.63, 3.8) is 0 Å². The highest BCUT2D eigenvalue weighted by Crippen LogP contribution is 2.28. The number of aromatic nitrogens is 1. The second-order valence-corrected chi connectivity index (χ2v) is 10.8. The zero-order valence-electron chi connectivity index (χ0n) is 23.9. The molecular formula is C31H40N2O6S. The number of nitrogens with zero attached hydrogens (tertiary/aromatic N) is 1. The van der Waals surface area contributed by atoms with E-state index in [1.807, 2.05) is 42.6 Å². The Kier molecular flexibility index (Phi) is 12.4. The predicted octanol–water partition coefficient (Wildman–Crippen LogP) is 5.98. The van der Waals surface area contributed by atoms with Gasteiger partial charge in [-0.2, -0.15) is 0 Å². The minimum absolute atomic E-state index is 0.0347. The Morgan fingerprint density at radius 3 is 2.42 bits per heavy atom. The number of ether oxygens (including phenoxy) is 3. The van der Waals surface area contributed by atoms with Crippen molar-refractivity contribution in [3.8, 4) is 5.75 Å². The largest absolute Gasteiger partial charge is 0.482 e. The summed E-state index contributed by atoms with van der Waals surface area (Å²) in [5.74, 6) is -0.0598. The van der Waals surface area contributed by atoms with Gasteiger partial charge in [0.1, 0.15) is 10.8 Å². The number of rotatable bonds is 13. The fraction of sp³-hybridized carbons (Fsp3) is 0.484. The lowest BCUT2D eigenvalue weighted by atomic mass is 9.88. The van der Waals surface area contributed by atoms with Crippen molar-refractivity contribution < 1.29 is 28.6 Å². The smallest absolute Gasteiger partial charge is 0.344 e. The third kappa shape index (κ3) is 9.93. The molecule has 3 rings (SSSR count). The topological polar surface area (TPSA) is 104 Å². The molecule has 2 aromatic rings. The number of hydrogen-bond donors (Lipinski definition) is 1. The van der Waals surface area contributed by atoms with Crippen LogP contribution < -0.4 is 10.1 Å². The average Bonchev–Trinajstić information content (AvgIpc) is 3.41. The van der Waals surface area contributed by atoms with E-state index in [0.717, 1.165) is 47.5 Å². The van der Waals surface area contributed by atoms with Crippen LogP contribution in [0.15, 0.2) is 46.9 Å². The summed E-state index contributed by atoms with van der Waals surface area (Å²) in [7, 11) is 0. The molecule has 40 heavy (non-hydrogen) atoms. The SMILES string of the molecule is CCOC(=O)COc1ccc(C[C@H](NC(=O)C2CCCCC2)c2nc(C=C(C)C=C(C)C(=O)OCC)cs2)cc1. The fourth-order valence-electron chi connectivity index (χ4n) is 4.60. The summed E-state index contributed by atoms with van der Waals surface area (Å²) in [5.41, 5.74) is 3.18. The lowest BCUT2D eigenvalue weighted by Crippen LogP contribution is -2.35. The van der Waals surface area contributed by atoms with E-state index in [4.69, 9.17) is 19.2 Å². The van der Waals surface area contributed by atoms with Crippen LogP contribution in [0.1, 0.15) is 82.1 Å². The van der Waals surface area contributed by atoms with Crippen molar-refractivity contribution in [2.24, 2.45) is 5.92 Å². The number of hydrogen-bond acceptors (Lipinski definition) is 8. The zero-order valence-corrected chi connectivity index (χ0v) is 24.7. The number of nitrogens with one attached hydrogen (secondary N) is 1. The van der Waals surface area contributed by atoms with Crippen LogP contribution in [0.2, 0.25) is 0 Å². The van der Waals surface area contributed by atoms with Crippen LogP contribution in [0.5, 0.6) is 5.75 Å². The van der Waals surface area contributed by atoms with Gasteiger partial charge in [-0.05, 0) is 82.4 Å². The maximum atomic E-state index is 13.2. The molecule has 0 spiro atoms. The van der Waals surface area contributed by atoms with E-state index in [1.54, 1.807) is 26.8 Å². The minimum Gasteiger partial charge on any atom is -0.482 e. The van der Waals surface area contributed by atoms with Crippen molar-refractivity contribution in [2.75, 3.05) is 19.8 Å². The quantitative estimate of drug-likeness (QED) is 0.180. The molecule has 9 heteroatoms. The van der Waals surface area contributed by atoms with Crippen molar-refractivity contribution in [1.29, 1.82) is 0 Å². The third-order valence-electron chi connectivity index (χ3n) is 6.57. The van der Waals surface area contributed by atoms with Crippen LogP contribution in [0.25, 0.3) is 6.08 Å². The predicted molar refractivity (Wildman–Crippen MR) is 156 cm³/mol. The lowest BCUT2D eigenvalue weighted by molar-refractivity contribution is -0.145. The molecule has 0 saturated heterocycles. The third-order valence-corrected chi connectivity index (χ3v) is 7.55. The number of carbonyl (C=O) groups is 3. The van der Waals surface area contributed by atoms with Gasteiger partial charge in [-0.25, -0.2) is 14.6 Å². The van der Waals surface area contributed by atoms with Crippen molar-refractivity contribution in [1.82, 2.24) is 10.3 Å². The van der Waals surface area contributed by atoms with Gasteiger partial charge in [-0.15, -0.1) is 11.3 Å². The number of amides is 1. The van der Waals surface area contributed by atoms with Crippen LogP contribution in [-0.2, 0) is 30.3 Å². The summed E-state index contributed by atoms with van der Waals surface area (Å²) in [4.78, 5) is 41.5. The van der Waals surface area contributed by atoms with Crippen molar-refractivity contribution in [3.05, 3.63) is 63.1 Å². The van der Waals surface area contributed by atoms with Gasteiger partial charge in [-0.3, -0.25) is 4.79 Å². The van der Waals surface area contributed by atoms with E-state index < -0.39 is 5.97 Å². The number of allylic oxidation sites excluding steroid dienone is 2. The molecule has 1 heterocycles. The first-order valence-corrected chi connectivity index (χ1v) is 14.8. The maximum Gasteiger partial charge on any atom is 0.344 e. The molecule has 8 nitrogen and oxygen atoms in total. The molecule has 1 amide bonds. The van der Waals surface area contributed by atoms with Crippen LogP contribution >= 0.6 is 11.3 Å². The normalized spacial score (nSPS) is 15.3. The summed E-state index contributed by atoms with van der Waals surface area (Å²) < 4.78 is 15.5. The summed E-state index contributed by atoms with van der Waals surface area (Å²) >= 11 is 1.50. The highest BCUT2D eigenvalue weighted by Gasteiger charge is 2.25. The molecule has 0 aliphatic heterocycles. The number of thiazole rings is 1. The lowest BCUT2D eigenvalue weighted by Gasteiger charge is -2.24. The summed E-state index contributed by atoms with van der Waals surface area (Å²) in [5, 5.41) is 6.04. The van der Waals surface area contributed by atoms with Crippen LogP contribution in [0, 0.1) is 5.92 Å². The first-order valence-electron chi connectivity index (χ1n) is 14.0. The van der Waals surface area contributed by atoms with Gasteiger partial charge >= 0.3 is 11.9 Å². The highest BCUT2D eigenvalue weighted by atomic mass is 32.1. The molecule has 1 aromatic carbocycles. The first-order chi connectivity index (χ1) is 19.3. The van der Waals surface area contributed by atoms with Crippen molar-refractivity contribution >= 4 is 35.3 Å². The number of esters is 2. The van der Waals surface area contributed by atoms with Crippen LogP contribution in [0.3, 0.4) is 0 Å². The molecular weight excluding hydrogens is 528 g/mol. The van der Waals surface area contributed by atoms with Gasteiger partial charge in [0, 0.05) is 16.9 Å². The monoisotopic (exact) mass is 568 g/mol. The van der Waals surface area contributed by atoms with Crippen molar-refractivity contribution in [2.45, 2.75) is 72.3 Å². The molecule has 1 aliphatic rings. The summed E-state index contributed by atoms with van der Waals surface area (Å²) in [6.45, 7) is 7.68. The van der Waals surface area contributed by atoms with Gasteiger partial charge in [-0.1, -0.05) is 31.4 Å². The van der Waals surface area contributed by atoms with Gasteiger partial charge in [0.05, 0.1) is 24.9 Å². The molecule has 1 aliphatic carbocycles. The Labute approximate surface area is 240 Å². The molecule has 0 bridgehead atoms. The fourth-order valence-corrected chi connectivity index (χ4v) is 5.43. The Morgan fingerprint density at radius 2 is 1.75 bits per heavy atom. The molecule has 1 saturated carbocycles. The minimum atomic E-state index is -0.410. The molecule has 216 valence electrons. The number of benzene rings is 1. The highest BCUT2D eigenvalue weighted by molar-refractivity contribution is 7.09. The van der Waals surface area contributed by atoms with E-state index >= 15 is 0 Å².